The van der Waals surface area contributed by atoms with Gasteiger partial charge in [0.2, 0.25) is 0 Å². The van der Waals surface area contributed by atoms with Gasteiger partial charge in [0.1, 0.15) is 11.5 Å². The SMILES string of the molecule is C[C@H]1CCC[C@@H]1Nc1cccc(-c2cnc3cc(CO)c(-c4cnn(C(F)F)c4)cn23)n1. The minimum Gasteiger partial charge on any atom is -0.392 e. The lowest BCUT2D eigenvalue weighted by Gasteiger charge is -2.18. The molecule has 0 radical (unpaired) electrons. The van der Waals surface area contributed by atoms with Gasteiger partial charge < -0.3 is 10.4 Å². The Morgan fingerprint density at radius 3 is 2.81 bits per heavy atom. The molecule has 2 atom stereocenters. The number of aromatic nitrogens is 5. The monoisotopic (exact) mass is 438 g/mol. The fourth-order valence-electron chi connectivity index (χ4n) is 4.43. The summed E-state index contributed by atoms with van der Waals surface area (Å²) < 4.78 is 28.4. The third-order valence-electron chi connectivity index (χ3n) is 6.22. The molecule has 5 rings (SSSR count). The molecule has 0 unspecified atom stereocenters. The molecule has 0 aliphatic heterocycles. The van der Waals surface area contributed by atoms with Crippen molar-refractivity contribution in [2.45, 2.75) is 45.4 Å². The molecule has 0 saturated heterocycles. The fourth-order valence-corrected chi connectivity index (χ4v) is 4.43. The van der Waals surface area contributed by atoms with E-state index in [1.807, 2.05) is 22.6 Å². The molecule has 4 heterocycles. The molecule has 4 aromatic rings. The summed E-state index contributed by atoms with van der Waals surface area (Å²) in [7, 11) is 0. The van der Waals surface area contributed by atoms with E-state index in [2.05, 4.69) is 22.3 Å². The lowest BCUT2D eigenvalue weighted by atomic mass is 10.1. The molecule has 1 saturated carbocycles. The molecule has 1 fully saturated rings. The highest BCUT2D eigenvalue weighted by Crippen LogP contribution is 2.30. The van der Waals surface area contributed by atoms with Gasteiger partial charge in [-0.15, -0.1) is 0 Å². The average molecular weight is 438 g/mol. The van der Waals surface area contributed by atoms with Crippen LogP contribution in [0.4, 0.5) is 14.6 Å². The number of aliphatic hydroxyl groups is 1. The zero-order valence-corrected chi connectivity index (χ0v) is 17.6. The van der Waals surface area contributed by atoms with Crippen LogP contribution in [0, 0.1) is 5.92 Å². The summed E-state index contributed by atoms with van der Waals surface area (Å²) in [6.45, 7) is -0.712. The third kappa shape index (κ3) is 3.73. The number of halogens is 2. The van der Waals surface area contributed by atoms with Gasteiger partial charge >= 0.3 is 6.55 Å². The summed E-state index contributed by atoms with van der Waals surface area (Å²) in [5.74, 6) is 1.44. The highest BCUT2D eigenvalue weighted by molar-refractivity contribution is 5.71. The van der Waals surface area contributed by atoms with Crippen LogP contribution in [-0.4, -0.2) is 35.3 Å². The number of nitrogens with one attached hydrogen (secondary N) is 1. The van der Waals surface area contributed by atoms with Crippen molar-refractivity contribution in [3.63, 3.8) is 0 Å². The number of imidazole rings is 1. The summed E-state index contributed by atoms with van der Waals surface area (Å²) in [6.07, 6.45) is 9.75. The van der Waals surface area contributed by atoms with Gasteiger partial charge in [-0.3, -0.25) is 4.40 Å². The first-order valence-corrected chi connectivity index (χ1v) is 10.7. The smallest absolute Gasteiger partial charge is 0.333 e. The van der Waals surface area contributed by atoms with Crippen LogP contribution in [0.25, 0.3) is 28.2 Å². The van der Waals surface area contributed by atoms with Crippen LogP contribution in [0.1, 0.15) is 38.3 Å². The van der Waals surface area contributed by atoms with Crippen molar-refractivity contribution in [1.82, 2.24) is 24.1 Å². The highest BCUT2D eigenvalue weighted by atomic mass is 19.3. The molecule has 0 amide bonds. The molecule has 166 valence electrons. The maximum atomic E-state index is 13.0. The second-order valence-corrected chi connectivity index (χ2v) is 8.30. The number of aliphatic hydroxyl groups excluding tert-OH is 1. The molecular weight excluding hydrogens is 414 g/mol. The van der Waals surface area contributed by atoms with E-state index < -0.39 is 6.55 Å². The van der Waals surface area contributed by atoms with E-state index in [4.69, 9.17) is 4.98 Å². The standard InChI is InChI=1S/C23H24F2N6O/c1-14-4-2-5-18(14)28-21-7-3-6-19(29-21)20-10-26-22-8-15(13-32)17(12-30(20)22)16-9-27-31(11-16)23(24)25/h3,6-12,14,18,23,32H,2,4-5,13H2,1H3,(H,28,29)/t14-,18-/m0/s1. The van der Waals surface area contributed by atoms with Crippen LogP contribution in [-0.2, 0) is 6.61 Å². The molecule has 4 aromatic heterocycles. The minimum atomic E-state index is -2.73. The van der Waals surface area contributed by atoms with Crippen molar-refractivity contribution in [3.05, 3.63) is 54.6 Å². The molecule has 1 aliphatic carbocycles. The largest absolute Gasteiger partial charge is 0.392 e. The van der Waals surface area contributed by atoms with E-state index in [-0.39, 0.29) is 6.61 Å². The normalized spacial score (nSPS) is 18.7. The molecule has 32 heavy (non-hydrogen) atoms. The minimum absolute atomic E-state index is 0.245. The number of anilines is 1. The van der Waals surface area contributed by atoms with Crippen molar-refractivity contribution in [1.29, 1.82) is 0 Å². The Morgan fingerprint density at radius 1 is 1.22 bits per heavy atom. The fraction of sp³-hybridized carbons (Fsp3) is 0.348. The van der Waals surface area contributed by atoms with E-state index in [9.17, 15) is 13.9 Å². The highest BCUT2D eigenvalue weighted by Gasteiger charge is 2.23. The molecule has 1 aliphatic rings. The summed E-state index contributed by atoms with van der Waals surface area (Å²) in [5.41, 5.74) is 3.85. The van der Waals surface area contributed by atoms with Crippen molar-refractivity contribution >= 4 is 11.5 Å². The van der Waals surface area contributed by atoms with Crippen LogP contribution in [0.15, 0.2) is 49.1 Å². The van der Waals surface area contributed by atoms with Crippen LogP contribution in [0.2, 0.25) is 0 Å². The van der Waals surface area contributed by atoms with Crippen LogP contribution in [0.3, 0.4) is 0 Å². The Kier molecular flexibility index (Phi) is 5.34. The van der Waals surface area contributed by atoms with Gasteiger partial charge in [-0.2, -0.15) is 13.9 Å². The summed E-state index contributed by atoms with van der Waals surface area (Å²) in [4.78, 5) is 9.27. The maximum absolute atomic E-state index is 13.0. The van der Waals surface area contributed by atoms with E-state index in [0.717, 1.165) is 23.6 Å². The van der Waals surface area contributed by atoms with Gasteiger partial charge in [0.25, 0.3) is 0 Å². The van der Waals surface area contributed by atoms with Crippen molar-refractivity contribution < 1.29 is 13.9 Å². The summed E-state index contributed by atoms with van der Waals surface area (Å²) in [6, 6.07) is 8.01. The summed E-state index contributed by atoms with van der Waals surface area (Å²) in [5, 5.41) is 17.1. The van der Waals surface area contributed by atoms with Crippen LogP contribution in [0.5, 0.6) is 0 Å². The molecule has 0 aromatic carbocycles. The number of nitrogens with zero attached hydrogens (tertiary/aromatic N) is 5. The second kappa shape index (κ2) is 8.31. The van der Waals surface area contributed by atoms with E-state index in [0.29, 0.717) is 39.0 Å². The predicted octanol–water partition coefficient (Wildman–Crippen LogP) is 4.75. The first-order chi connectivity index (χ1) is 15.5. The third-order valence-corrected chi connectivity index (χ3v) is 6.22. The van der Waals surface area contributed by atoms with Crippen LogP contribution >= 0.6 is 0 Å². The Bertz CT molecular complexity index is 1250. The molecule has 2 N–H and O–H groups in total. The molecule has 0 spiro atoms. The number of fused-ring (bicyclic) bond motifs is 1. The van der Waals surface area contributed by atoms with Gasteiger partial charge in [0.15, 0.2) is 0 Å². The second-order valence-electron chi connectivity index (χ2n) is 8.30. The van der Waals surface area contributed by atoms with Crippen LogP contribution < -0.4 is 5.32 Å². The Balaban J connectivity index is 1.54. The molecule has 0 bridgehead atoms. The van der Waals surface area contributed by atoms with Crippen molar-refractivity contribution in [2.24, 2.45) is 5.92 Å². The van der Waals surface area contributed by atoms with Crippen molar-refractivity contribution in [3.8, 4) is 22.5 Å². The molecular formula is C23H24F2N6O. The zero-order chi connectivity index (χ0) is 22.2. The quantitative estimate of drug-likeness (QED) is 0.454. The summed E-state index contributed by atoms with van der Waals surface area (Å²) >= 11 is 0. The van der Waals surface area contributed by atoms with Gasteiger partial charge in [-0.1, -0.05) is 19.4 Å². The molecule has 7 nitrogen and oxygen atoms in total. The van der Waals surface area contributed by atoms with Crippen molar-refractivity contribution in [2.75, 3.05) is 5.32 Å². The van der Waals surface area contributed by atoms with Gasteiger partial charge in [0.05, 0.1) is 30.4 Å². The Labute approximate surface area is 183 Å². The average Bonchev–Trinajstić information content (AvgIpc) is 3.53. The Morgan fingerprint density at radius 2 is 2.09 bits per heavy atom. The van der Waals surface area contributed by atoms with E-state index in [1.54, 1.807) is 18.5 Å². The topological polar surface area (TPSA) is 80.3 Å². The predicted molar refractivity (Wildman–Crippen MR) is 117 cm³/mol. The molecule has 9 heteroatoms. The first-order valence-electron chi connectivity index (χ1n) is 10.7. The van der Waals surface area contributed by atoms with Gasteiger partial charge in [-0.25, -0.2) is 14.6 Å². The first kappa shape index (κ1) is 20.6. The van der Waals surface area contributed by atoms with Gasteiger partial charge in [-0.05, 0) is 42.5 Å². The number of pyridine rings is 2. The number of hydrogen-bond acceptors (Lipinski definition) is 5. The maximum Gasteiger partial charge on any atom is 0.333 e. The van der Waals surface area contributed by atoms with E-state index in [1.165, 1.54) is 25.2 Å². The Hall–Kier alpha value is -3.33. The lowest BCUT2D eigenvalue weighted by Crippen LogP contribution is -2.22. The number of hydrogen-bond donors (Lipinski definition) is 2. The number of rotatable bonds is 6. The lowest BCUT2D eigenvalue weighted by molar-refractivity contribution is 0.0566. The van der Waals surface area contributed by atoms with Gasteiger partial charge in [0, 0.05) is 29.6 Å². The van der Waals surface area contributed by atoms with E-state index >= 15 is 0 Å². The zero-order valence-electron chi connectivity index (χ0n) is 17.6. The number of alkyl halides is 2.